The van der Waals surface area contributed by atoms with E-state index in [1.165, 1.54) is 11.3 Å². The van der Waals surface area contributed by atoms with E-state index in [4.69, 9.17) is 16.3 Å². The Labute approximate surface area is 245 Å². The minimum atomic E-state index is -0.434. The molecule has 0 unspecified atom stereocenters. The van der Waals surface area contributed by atoms with Crippen LogP contribution in [-0.4, -0.2) is 43.6 Å². The predicted molar refractivity (Wildman–Crippen MR) is 158 cm³/mol. The molecule has 1 amide bonds. The molecule has 0 radical (unpaired) electrons. The summed E-state index contributed by atoms with van der Waals surface area (Å²) in [6.07, 6.45) is 2.39. The summed E-state index contributed by atoms with van der Waals surface area (Å²) < 4.78 is 8.71. The van der Waals surface area contributed by atoms with Crippen LogP contribution in [0.5, 0.6) is 0 Å². The second-order valence-electron chi connectivity index (χ2n) is 9.28. The fourth-order valence-corrected chi connectivity index (χ4v) is 6.03. The normalized spacial score (nSPS) is 11.1. The third-order valence-electron chi connectivity index (χ3n) is 6.61. The molecule has 41 heavy (non-hydrogen) atoms. The molecule has 1 N–H and O–H groups in total. The zero-order valence-electron chi connectivity index (χ0n) is 22.8. The second kappa shape index (κ2) is 12.1. The number of para-hydroxylation sites is 1. The standard InChI is InChI=1S/C30H28ClN5O4S/c1-4-19-14-22(28(38)21-11-6-8-12-24(21)31)29(41-19)36-18(3)33-34-26(36)15-32-27(37)17-35-16-23(30(39)40-5-2)20-10-7-9-13-25(20)35/h6-14,16H,4-5,15,17H2,1-3H3,(H,32,37). The number of halogens is 1. The van der Waals surface area contributed by atoms with Gasteiger partial charge in [0.1, 0.15) is 17.4 Å². The van der Waals surface area contributed by atoms with Gasteiger partial charge in [-0.1, -0.05) is 48.9 Å². The van der Waals surface area contributed by atoms with Crippen LogP contribution in [0, 0.1) is 6.92 Å². The molecule has 0 aliphatic rings. The fraction of sp³-hybridized carbons (Fsp3) is 0.233. The van der Waals surface area contributed by atoms with Gasteiger partial charge in [0.25, 0.3) is 0 Å². The van der Waals surface area contributed by atoms with Crippen LogP contribution in [0.25, 0.3) is 15.9 Å². The van der Waals surface area contributed by atoms with Gasteiger partial charge in [0, 0.05) is 27.5 Å². The minimum Gasteiger partial charge on any atom is -0.462 e. The van der Waals surface area contributed by atoms with E-state index in [9.17, 15) is 14.4 Å². The van der Waals surface area contributed by atoms with Crippen molar-refractivity contribution in [3.05, 3.63) is 99.0 Å². The maximum Gasteiger partial charge on any atom is 0.340 e. The number of nitrogens with zero attached hydrogens (tertiary/aromatic N) is 4. The van der Waals surface area contributed by atoms with Gasteiger partial charge in [-0.05, 0) is 44.5 Å². The lowest BCUT2D eigenvalue weighted by Gasteiger charge is -2.11. The monoisotopic (exact) mass is 589 g/mol. The van der Waals surface area contributed by atoms with Gasteiger partial charge < -0.3 is 14.6 Å². The van der Waals surface area contributed by atoms with Gasteiger partial charge in [0.05, 0.1) is 29.3 Å². The second-order valence-corrected chi connectivity index (χ2v) is 10.8. The largest absolute Gasteiger partial charge is 0.462 e. The number of ether oxygens (including phenoxy) is 1. The highest BCUT2D eigenvalue weighted by Gasteiger charge is 2.24. The third-order valence-corrected chi connectivity index (χ3v) is 8.21. The van der Waals surface area contributed by atoms with Crippen LogP contribution in [0.4, 0.5) is 0 Å². The van der Waals surface area contributed by atoms with Gasteiger partial charge in [0.15, 0.2) is 11.6 Å². The van der Waals surface area contributed by atoms with Gasteiger partial charge >= 0.3 is 5.97 Å². The Morgan fingerprint density at radius 2 is 1.76 bits per heavy atom. The number of thiophene rings is 1. The Morgan fingerprint density at radius 3 is 2.51 bits per heavy atom. The van der Waals surface area contributed by atoms with E-state index >= 15 is 0 Å². The first kappa shape index (κ1) is 28.3. The molecule has 210 valence electrons. The van der Waals surface area contributed by atoms with Crippen LogP contribution in [0.2, 0.25) is 5.02 Å². The summed E-state index contributed by atoms with van der Waals surface area (Å²) in [4.78, 5) is 40.1. The molecule has 5 aromatic rings. The molecule has 0 bridgehead atoms. The van der Waals surface area contributed by atoms with E-state index < -0.39 is 5.97 Å². The molecule has 0 spiro atoms. The highest BCUT2D eigenvalue weighted by molar-refractivity contribution is 7.15. The van der Waals surface area contributed by atoms with E-state index in [0.29, 0.717) is 43.7 Å². The molecule has 9 nitrogen and oxygen atoms in total. The summed E-state index contributed by atoms with van der Waals surface area (Å²) in [5.74, 6) is 0.166. The van der Waals surface area contributed by atoms with Crippen LogP contribution >= 0.6 is 22.9 Å². The quantitative estimate of drug-likeness (QED) is 0.169. The molecule has 3 aromatic heterocycles. The molecule has 2 aromatic carbocycles. The van der Waals surface area contributed by atoms with E-state index in [2.05, 4.69) is 15.5 Å². The van der Waals surface area contributed by atoms with Gasteiger partial charge in [0.2, 0.25) is 5.91 Å². The van der Waals surface area contributed by atoms with E-state index in [-0.39, 0.29) is 31.4 Å². The fourth-order valence-electron chi connectivity index (χ4n) is 4.65. The van der Waals surface area contributed by atoms with Gasteiger partial charge in [-0.2, -0.15) is 0 Å². The SMILES string of the molecule is CCOC(=O)c1cn(CC(=O)NCc2nnc(C)n2-c2sc(CC)cc2C(=O)c2ccccc2Cl)c2ccccc12. The number of hydrogen-bond donors (Lipinski definition) is 1. The highest BCUT2D eigenvalue weighted by Crippen LogP contribution is 2.32. The molecule has 0 saturated heterocycles. The summed E-state index contributed by atoms with van der Waals surface area (Å²) in [5.41, 5.74) is 2.07. The third kappa shape index (κ3) is 5.66. The lowest BCUT2D eigenvalue weighted by atomic mass is 10.0. The number of esters is 1. The number of ketones is 1. The molecule has 0 saturated carbocycles. The highest BCUT2D eigenvalue weighted by atomic mass is 35.5. The summed E-state index contributed by atoms with van der Waals surface area (Å²) in [5, 5.41) is 13.2. The molecule has 0 aliphatic heterocycles. The molecular weight excluding hydrogens is 562 g/mol. The maximum absolute atomic E-state index is 13.6. The maximum atomic E-state index is 13.6. The number of carbonyl (C=O) groups is 3. The van der Waals surface area contributed by atoms with E-state index in [1.54, 1.807) is 53.4 Å². The van der Waals surface area contributed by atoms with Crippen molar-refractivity contribution in [2.75, 3.05) is 6.61 Å². The Bertz CT molecular complexity index is 1770. The van der Waals surface area contributed by atoms with Crippen molar-refractivity contribution in [3.63, 3.8) is 0 Å². The van der Waals surface area contributed by atoms with Gasteiger partial charge in [-0.25, -0.2) is 4.79 Å². The first-order valence-electron chi connectivity index (χ1n) is 13.2. The average molecular weight is 590 g/mol. The predicted octanol–water partition coefficient (Wildman–Crippen LogP) is 5.53. The molecule has 11 heteroatoms. The number of hydrogen-bond acceptors (Lipinski definition) is 7. The lowest BCUT2D eigenvalue weighted by Crippen LogP contribution is -2.28. The van der Waals surface area contributed by atoms with Crippen molar-refractivity contribution in [2.24, 2.45) is 0 Å². The van der Waals surface area contributed by atoms with Crippen LogP contribution in [-0.2, 0) is 29.0 Å². The molecule has 3 heterocycles. The van der Waals surface area contributed by atoms with Gasteiger partial charge in [-0.15, -0.1) is 21.5 Å². The summed E-state index contributed by atoms with van der Waals surface area (Å²) in [7, 11) is 0. The number of benzene rings is 2. The first-order valence-corrected chi connectivity index (χ1v) is 14.4. The zero-order chi connectivity index (χ0) is 29.1. The van der Waals surface area contributed by atoms with Crippen molar-refractivity contribution >= 4 is 51.5 Å². The van der Waals surface area contributed by atoms with Gasteiger partial charge in [-0.3, -0.25) is 14.2 Å². The summed E-state index contributed by atoms with van der Waals surface area (Å²) in [6, 6.07) is 16.2. The summed E-state index contributed by atoms with van der Waals surface area (Å²) in [6.45, 7) is 5.91. The molecule has 0 atom stereocenters. The van der Waals surface area contributed by atoms with E-state index in [0.717, 1.165) is 16.8 Å². The number of nitrogens with one attached hydrogen (secondary N) is 1. The van der Waals surface area contributed by atoms with Crippen molar-refractivity contribution in [1.29, 1.82) is 0 Å². The number of fused-ring (bicyclic) bond motifs is 1. The van der Waals surface area contributed by atoms with Crippen LogP contribution < -0.4 is 5.32 Å². The van der Waals surface area contributed by atoms with E-state index in [1.807, 2.05) is 37.3 Å². The number of carbonyl (C=O) groups excluding carboxylic acids is 3. The molecule has 5 rings (SSSR count). The first-order chi connectivity index (χ1) is 19.8. The number of aromatic nitrogens is 4. The topological polar surface area (TPSA) is 108 Å². The number of rotatable bonds is 10. The Hall–Kier alpha value is -4.28. The smallest absolute Gasteiger partial charge is 0.340 e. The van der Waals surface area contributed by atoms with Crippen molar-refractivity contribution in [2.45, 2.75) is 40.3 Å². The van der Waals surface area contributed by atoms with Crippen molar-refractivity contribution in [1.82, 2.24) is 24.6 Å². The average Bonchev–Trinajstić information content (AvgIpc) is 3.67. The zero-order valence-corrected chi connectivity index (χ0v) is 24.4. The molecule has 0 fully saturated rings. The summed E-state index contributed by atoms with van der Waals surface area (Å²) >= 11 is 7.83. The van der Waals surface area contributed by atoms with Crippen LogP contribution in [0.3, 0.4) is 0 Å². The number of aryl methyl sites for hydroxylation is 2. The lowest BCUT2D eigenvalue weighted by molar-refractivity contribution is -0.121. The molecule has 0 aliphatic carbocycles. The van der Waals surface area contributed by atoms with Crippen molar-refractivity contribution in [3.8, 4) is 5.00 Å². The van der Waals surface area contributed by atoms with Crippen molar-refractivity contribution < 1.29 is 19.1 Å². The van der Waals surface area contributed by atoms with Crippen LogP contribution in [0.1, 0.15) is 56.7 Å². The Balaban J connectivity index is 1.40. The Morgan fingerprint density at radius 1 is 1.00 bits per heavy atom. The Kier molecular flexibility index (Phi) is 8.32. The van der Waals surface area contributed by atoms with Crippen LogP contribution in [0.15, 0.2) is 60.8 Å². The molecular formula is C30H28ClN5O4S. The minimum absolute atomic E-state index is 0.0116. The number of amides is 1.